The molecule has 144 valence electrons. The van der Waals surface area contributed by atoms with Crippen molar-refractivity contribution in [1.82, 2.24) is 0 Å². The fraction of sp³-hybridized carbons (Fsp3) is 0.545. The van der Waals surface area contributed by atoms with Crippen LogP contribution in [0.5, 0.6) is 0 Å². The Morgan fingerprint density at radius 2 is 1.52 bits per heavy atom. The summed E-state index contributed by atoms with van der Waals surface area (Å²) in [5.41, 5.74) is 0.976. The zero-order chi connectivity index (χ0) is 19.4. The number of hydrogen-bond donors (Lipinski definition) is 0. The molecule has 5 heteroatoms. The molecule has 4 rings (SSSR count). The van der Waals surface area contributed by atoms with Crippen molar-refractivity contribution >= 4 is 54.7 Å². The SMILES string of the molecule is CCCc1sc2ccc3sc(B4OC(C)(C)C(C)(C)O4)cc3c2c1CCC. The van der Waals surface area contributed by atoms with Crippen molar-refractivity contribution in [2.45, 2.75) is 78.4 Å². The molecule has 0 saturated carbocycles. The highest BCUT2D eigenvalue weighted by Gasteiger charge is 2.52. The first-order valence-electron chi connectivity index (χ1n) is 10.1. The van der Waals surface area contributed by atoms with Crippen LogP contribution in [0.15, 0.2) is 18.2 Å². The molecule has 0 bridgehead atoms. The van der Waals surface area contributed by atoms with E-state index in [0.717, 1.165) is 6.42 Å². The minimum absolute atomic E-state index is 0.272. The van der Waals surface area contributed by atoms with Crippen LogP contribution in [0.1, 0.15) is 64.8 Å². The average Bonchev–Trinajstić information content (AvgIpc) is 3.21. The number of fused-ring (bicyclic) bond motifs is 3. The molecule has 27 heavy (non-hydrogen) atoms. The van der Waals surface area contributed by atoms with Gasteiger partial charge >= 0.3 is 7.12 Å². The molecule has 3 aromatic rings. The third-order valence-corrected chi connectivity index (χ3v) is 8.39. The summed E-state index contributed by atoms with van der Waals surface area (Å²) in [5.74, 6) is 0. The zero-order valence-corrected chi connectivity index (χ0v) is 18.9. The van der Waals surface area contributed by atoms with Crippen LogP contribution in [0, 0.1) is 0 Å². The van der Waals surface area contributed by atoms with Crippen molar-refractivity contribution in [2.24, 2.45) is 0 Å². The Morgan fingerprint density at radius 1 is 0.889 bits per heavy atom. The Kier molecular flexibility index (Phi) is 4.95. The minimum atomic E-state index is -0.298. The van der Waals surface area contributed by atoms with Gasteiger partial charge in [-0.25, -0.2) is 0 Å². The molecule has 0 unspecified atom stereocenters. The molecular weight excluding hydrogens is 371 g/mol. The summed E-state index contributed by atoms with van der Waals surface area (Å²) in [6, 6.07) is 6.91. The fourth-order valence-corrected chi connectivity index (χ4v) is 6.26. The maximum absolute atomic E-state index is 6.30. The second kappa shape index (κ2) is 6.87. The van der Waals surface area contributed by atoms with E-state index in [1.807, 2.05) is 22.7 Å². The topological polar surface area (TPSA) is 18.5 Å². The quantitative estimate of drug-likeness (QED) is 0.467. The second-order valence-corrected chi connectivity index (χ2v) is 10.8. The molecule has 1 aliphatic heterocycles. The summed E-state index contributed by atoms with van der Waals surface area (Å²) in [6.45, 7) is 13.0. The van der Waals surface area contributed by atoms with E-state index in [-0.39, 0.29) is 18.3 Å². The summed E-state index contributed by atoms with van der Waals surface area (Å²) >= 11 is 3.80. The molecule has 0 atom stereocenters. The summed E-state index contributed by atoms with van der Waals surface area (Å²) < 4.78 is 16.6. The lowest BCUT2D eigenvalue weighted by Crippen LogP contribution is -2.41. The molecule has 1 fully saturated rings. The van der Waals surface area contributed by atoms with E-state index in [1.165, 1.54) is 44.2 Å². The van der Waals surface area contributed by atoms with E-state index in [4.69, 9.17) is 9.31 Å². The first-order valence-corrected chi connectivity index (χ1v) is 11.7. The smallest absolute Gasteiger partial charge is 0.399 e. The van der Waals surface area contributed by atoms with Crippen LogP contribution < -0.4 is 4.78 Å². The first-order chi connectivity index (χ1) is 12.8. The Labute approximate surface area is 171 Å². The molecule has 0 spiro atoms. The van der Waals surface area contributed by atoms with E-state index in [9.17, 15) is 0 Å². The number of thiophene rings is 2. The van der Waals surface area contributed by atoms with E-state index in [2.05, 4.69) is 59.7 Å². The monoisotopic (exact) mass is 400 g/mol. The van der Waals surface area contributed by atoms with Crippen LogP contribution in [0.2, 0.25) is 0 Å². The highest BCUT2D eigenvalue weighted by atomic mass is 32.1. The Hall–Kier alpha value is -0.875. The molecule has 0 aliphatic carbocycles. The van der Waals surface area contributed by atoms with Crippen LogP contribution in [0.4, 0.5) is 0 Å². The van der Waals surface area contributed by atoms with Gasteiger partial charge in [0.2, 0.25) is 0 Å². The van der Waals surface area contributed by atoms with Gasteiger partial charge in [-0.05, 0) is 64.3 Å². The van der Waals surface area contributed by atoms with Crippen molar-refractivity contribution < 1.29 is 9.31 Å². The third-order valence-electron chi connectivity index (χ3n) is 6.02. The number of hydrogen-bond acceptors (Lipinski definition) is 4. The van der Waals surface area contributed by atoms with Gasteiger partial charge in [0.1, 0.15) is 0 Å². The lowest BCUT2D eigenvalue weighted by Gasteiger charge is -2.32. The summed E-state index contributed by atoms with van der Waals surface area (Å²) in [5, 5.41) is 2.85. The Balaban J connectivity index is 1.84. The molecule has 1 saturated heterocycles. The molecule has 1 aliphatic rings. The molecule has 2 nitrogen and oxygen atoms in total. The van der Waals surface area contributed by atoms with E-state index >= 15 is 0 Å². The fourth-order valence-electron chi connectivity index (χ4n) is 3.86. The molecule has 2 aromatic heterocycles. The second-order valence-electron chi connectivity index (χ2n) is 8.59. The van der Waals surface area contributed by atoms with E-state index < -0.39 is 0 Å². The predicted octanol–water partition coefficient (Wildman–Crippen LogP) is 6.32. The van der Waals surface area contributed by atoms with Gasteiger partial charge in [-0.3, -0.25) is 0 Å². The molecule has 3 heterocycles. The van der Waals surface area contributed by atoms with Gasteiger partial charge in [0, 0.05) is 29.8 Å². The Bertz CT molecular complexity index is 967. The lowest BCUT2D eigenvalue weighted by molar-refractivity contribution is 0.00578. The van der Waals surface area contributed by atoms with Crippen LogP contribution in [0.25, 0.3) is 20.2 Å². The van der Waals surface area contributed by atoms with E-state index in [1.54, 1.807) is 10.4 Å². The lowest BCUT2D eigenvalue weighted by atomic mass is 9.87. The van der Waals surface area contributed by atoms with Gasteiger partial charge in [0.15, 0.2) is 0 Å². The van der Waals surface area contributed by atoms with Crippen LogP contribution in [-0.4, -0.2) is 18.3 Å². The zero-order valence-electron chi connectivity index (χ0n) is 17.3. The standard InChI is InChI=1S/C22H29BO2S2/c1-7-9-14-16(10-8-2)26-18-12-11-17-15(20(14)18)13-19(27-17)23-24-21(3,4)22(5,6)25-23/h11-13H,7-10H2,1-6H3. The maximum Gasteiger partial charge on any atom is 0.505 e. The highest BCUT2D eigenvalue weighted by Crippen LogP contribution is 2.41. The van der Waals surface area contributed by atoms with Crippen LogP contribution in [-0.2, 0) is 22.2 Å². The van der Waals surface area contributed by atoms with E-state index in [0.29, 0.717) is 0 Å². The van der Waals surface area contributed by atoms with Gasteiger partial charge in [0.05, 0.1) is 11.2 Å². The molecule has 0 N–H and O–H groups in total. The number of rotatable bonds is 5. The van der Waals surface area contributed by atoms with Crippen molar-refractivity contribution in [3.05, 3.63) is 28.6 Å². The number of aryl methyl sites for hydroxylation is 2. The van der Waals surface area contributed by atoms with Crippen molar-refractivity contribution in [3.63, 3.8) is 0 Å². The third kappa shape index (κ3) is 3.17. The first kappa shape index (κ1) is 19.4. The van der Waals surface area contributed by atoms with Gasteiger partial charge in [-0.2, -0.15) is 0 Å². The highest BCUT2D eigenvalue weighted by molar-refractivity contribution is 7.28. The molecular formula is C22H29BO2S2. The van der Waals surface area contributed by atoms with Crippen molar-refractivity contribution in [1.29, 1.82) is 0 Å². The van der Waals surface area contributed by atoms with Crippen LogP contribution in [0.3, 0.4) is 0 Å². The van der Waals surface area contributed by atoms with Gasteiger partial charge in [-0.15, -0.1) is 22.7 Å². The maximum atomic E-state index is 6.30. The van der Waals surface area contributed by atoms with Crippen LogP contribution >= 0.6 is 22.7 Å². The van der Waals surface area contributed by atoms with Crippen molar-refractivity contribution in [3.8, 4) is 0 Å². The van der Waals surface area contributed by atoms with Gasteiger partial charge < -0.3 is 9.31 Å². The predicted molar refractivity (Wildman–Crippen MR) is 121 cm³/mol. The normalized spacial score (nSPS) is 18.8. The summed E-state index contributed by atoms with van der Waals surface area (Å²) in [4.78, 5) is 1.57. The Morgan fingerprint density at radius 3 is 2.15 bits per heavy atom. The molecule has 0 amide bonds. The average molecular weight is 400 g/mol. The molecule has 0 radical (unpaired) electrons. The summed E-state index contributed by atoms with van der Waals surface area (Å²) in [6.07, 6.45) is 4.74. The van der Waals surface area contributed by atoms with Crippen molar-refractivity contribution in [2.75, 3.05) is 0 Å². The van der Waals surface area contributed by atoms with Gasteiger partial charge in [-0.1, -0.05) is 26.7 Å². The largest absolute Gasteiger partial charge is 0.505 e. The van der Waals surface area contributed by atoms with Gasteiger partial charge in [0.25, 0.3) is 0 Å². The molecule has 1 aromatic carbocycles. The summed E-state index contributed by atoms with van der Waals surface area (Å²) in [7, 11) is -0.272. The number of benzene rings is 1. The minimum Gasteiger partial charge on any atom is -0.399 e.